The fraction of sp³-hybridized carbons (Fsp3) is 0.300. The summed E-state index contributed by atoms with van der Waals surface area (Å²) in [5.74, 6) is 0.542. The lowest BCUT2D eigenvalue weighted by Gasteiger charge is -2.06. The van der Waals surface area contributed by atoms with Crippen molar-refractivity contribution in [2.45, 2.75) is 0 Å². The number of rotatable bonds is 4. The molecule has 0 aliphatic rings. The Morgan fingerprint density at radius 1 is 1.43 bits per heavy atom. The molecule has 0 spiro atoms. The summed E-state index contributed by atoms with van der Waals surface area (Å²) in [6, 6.07) is 7.44. The second-order valence-electron chi connectivity index (χ2n) is 2.74. The zero-order valence-electron chi connectivity index (χ0n) is 8.33. The largest absolute Gasteiger partial charge is 0.484 e. The molecule has 0 radical (unpaired) electrons. The molecule has 1 aromatic carbocycles. The summed E-state index contributed by atoms with van der Waals surface area (Å²) < 4.78 is 5.25. The quantitative estimate of drug-likeness (QED) is 0.747. The average molecular weight is 194 g/mol. The van der Waals surface area contributed by atoms with Crippen molar-refractivity contribution in [2.24, 2.45) is 0 Å². The number of nitrogens with one attached hydrogen (secondary N) is 2. The standard InChI is InChI=1S/C10H14N2O2/c1-11-8-4-3-5-9(6-8)14-7-10(13)12-2/h3-6,11H,7H2,1-2H3,(H,12,13). The number of hydrogen-bond acceptors (Lipinski definition) is 3. The molecule has 76 valence electrons. The van der Waals surface area contributed by atoms with Gasteiger partial charge in [0.2, 0.25) is 0 Å². The molecule has 0 bridgehead atoms. The Hall–Kier alpha value is -1.71. The molecule has 4 heteroatoms. The molecule has 2 N–H and O–H groups in total. The Morgan fingerprint density at radius 3 is 2.86 bits per heavy atom. The molecule has 0 aliphatic carbocycles. The Bertz CT molecular complexity index is 313. The van der Waals surface area contributed by atoms with E-state index in [0.29, 0.717) is 5.75 Å². The molecule has 14 heavy (non-hydrogen) atoms. The van der Waals surface area contributed by atoms with Gasteiger partial charge in [-0.05, 0) is 12.1 Å². The van der Waals surface area contributed by atoms with Gasteiger partial charge >= 0.3 is 0 Å². The SMILES string of the molecule is CNC(=O)COc1cccc(NC)c1. The number of benzene rings is 1. The molecule has 0 fully saturated rings. The van der Waals surface area contributed by atoms with Crippen LogP contribution in [0.2, 0.25) is 0 Å². The fourth-order valence-corrected chi connectivity index (χ4v) is 0.962. The molecular weight excluding hydrogens is 180 g/mol. The van der Waals surface area contributed by atoms with E-state index in [9.17, 15) is 4.79 Å². The number of carbonyl (C=O) groups is 1. The summed E-state index contributed by atoms with van der Waals surface area (Å²) >= 11 is 0. The predicted molar refractivity (Wildman–Crippen MR) is 55.6 cm³/mol. The molecule has 1 aromatic rings. The van der Waals surface area contributed by atoms with Gasteiger partial charge in [-0.15, -0.1) is 0 Å². The summed E-state index contributed by atoms with van der Waals surface area (Å²) in [6.07, 6.45) is 0. The minimum Gasteiger partial charge on any atom is -0.484 e. The van der Waals surface area contributed by atoms with Crippen molar-refractivity contribution in [3.05, 3.63) is 24.3 Å². The molecule has 4 nitrogen and oxygen atoms in total. The first kappa shape index (κ1) is 10.4. The first-order chi connectivity index (χ1) is 6.76. The number of amides is 1. The Balaban J connectivity index is 2.54. The van der Waals surface area contributed by atoms with Crippen LogP contribution >= 0.6 is 0 Å². The van der Waals surface area contributed by atoms with Gasteiger partial charge in [-0.2, -0.15) is 0 Å². The number of likely N-dealkylation sites (N-methyl/N-ethyl adjacent to an activating group) is 1. The fourth-order valence-electron chi connectivity index (χ4n) is 0.962. The zero-order chi connectivity index (χ0) is 10.4. The highest BCUT2D eigenvalue weighted by Crippen LogP contribution is 2.16. The number of anilines is 1. The summed E-state index contributed by atoms with van der Waals surface area (Å²) in [5, 5.41) is 5.47. The number of hydrogen-bond donors (Lipinski definition) is 2. The molecule has 1 rings (SSSR count). The Morgan fingerprint density at radius 2 is 2.21 bits per heavy atom. The first-order valence-electron chi connectivity index (χ1n) is 4.37. The van der Waals surface area contributed by atoms with Crippen LogP contribution in [0, 0.1) is 0 Å². The summed E-state index contributed by atoms with van der Waals surface area (Å²) in [6.45, 7) is 0.0453. The monoisotopic (exact) mass is 194 g/mol. The van der Waals surface area contributed by atoms with Crippen LogP contribution in [-0.2, 0) is 4.79 Å². The van der Waals surface area contributed by atoms with E-state index in [-0.39, 0.29) is 12.5 Å². The molecule has 0 unspecified atom stereocenters. The first-order valence-corrected chi connectivity index (χ1v) is 4.37. The zero-order valence-corrected chi connectivity index (χ0v) is 8.33. The normalized spacial score (nSPS) is 9.29. The molecule has 0 atom stereocenters. The molecular formula is C10H14N2O2. The summed E-state index contributed by atoms with van der Waals surface area (Å²) in [4.78, 5) is 10.9. The van der Waals surface area contributed by atoms with Crippen LogP contribution in [-0.4, -0.2) is 26.6 Å². The molecule has 1 amide bonds. The van der Waals surface area contributed by atoms with Gasteiger partial charge in [0.15, 0.2) is 6.61 Å². The summed E-state index contributed by atoms with van der Waals surface area (Å²) in [7, 11) is 3.41. The highest BCUT2D eigenvalue weighted by molar-refractivity contribution is 5.77. The number of carbonyl (C=O) groups excluding carboxylic acids is 1. The van der Waals surface area contributed by atoms with Crippen molar-refractivity contribution >= 4 is 11.6 Å². The van der Waals surface area contributed by atoms with Crippen molar-refractivity contribution in [1.29, 1.82) is 0 Å². The molecule has 0 saturated heterocycles. The smallest absolute Gasteiger partial charge is 0.257 e. The van der Waals surface area contributed by atoms with Gasteiger partial charge in [-0.25, -0.2) is 0 Å². The van der Waals surface area contributed by atoms with Crippen LogP contribution in [0.25, 0.3) is 0 Å². The van der Waals surface area contributed by atoms with Crippen molar-refractivity contribution in [3.63, 3.8) is 0 Å². The predicted octanol–water partition coefficient (Wildman–Crippen LogP) is 0.853. The van der Waals surface area contributed by atoms with E-state index in [0.717, 1.165) is 5.69 Å². The second kappa shape index (κ2) is 5.11. The second-order valence-corrected chi connectivity index (χ2v) is 2.74. The van der Waals surface area contributed by atoms with Crippen LogP contribution < -0.4 is 15.4 Å². The third-order valence-electron chi connectivity index (χ3n) is 1.77. The van der Waals surface area contributed by atoms with Gasteiger partial charge in [-0.3, -0.25) is 4.79 Å². The maximum absolute atomic E-state index is 10.9. The third-order valence-corrected chi connectivity index (χ3v) is 1.77. The van der Waals surface area contributed by atoms with E-state index in [4.69, 9.17) is 4.74 Å². The maximum Gasteiger partial charge on any atom is 0.257 e. The van der Waals surface area contributed by atoms with E-state index in [1.807, 2.05) is 31.3 Å². The average Bonchev–Trinajstić information content (AvgIpc) is 2.26. The molecule has 0 aliphatic heterocycles. The molecule has 0 aromatic heterocycles. The lowest BCUT2D eigenvalue weighted by atomic mass is 10.3. The van der Waals surface area contributed by atoms with Crippen LogP contribution in [0.1, 0.15) is 0 Å². The van der Waals surface area contributed by atoms with Gasteiger partial charge in [0.1, 0.15) is 5.75 Å². The van der Waals surface area contributed by atoms with Crippen molar-refractivity contribution in [3.8, 4) is 5.75 Å². The van der Waals surface area contributed by atoms with Gasteiger partial charge < -0.3 is 15.4 Å². The number of ether oxygens (including phenoxy) is 1. The maximum atomic E-state index is 10.9. The van der Waals surface area contributed by atoms with Crippen LogP contribution in [0.15, 0.2) is 24.3 Å². The van der Waals surface area contributed by atoms with Crippen LogP contribution in [0.4, 0.5) is 5.69 Å². The van der Waals surface area contributed by atoms with Crippen molar-refractivity contribution < 1.29 is 9.53 Å². The van der Waals surface area contributed by atoms with Crippen LogP contribution in [0.5, 0.6) is 5.75 Å². The van der Waals surface area contributed by atoms with Gasteiger partial charge in [-0.1, -0.05) is 6.07 Å². The minimum absolute atomic E-state index is 0.0453. The molecule has 0 heterocycles. The van der Waals surface area contributed by atoms with Gasteiger partial charge in [0.05, 0.1) is 0 Å². The van der Waals surface area contributed by atoms with E-state index in [1.54, 1.807) is 7.05 Å². The van der Waals surface area contributed by atoms with Crippen molar-refractivity contribution in [2.75, 3.05) is 26.0 Å². The third kappa shape index (κ3) is 2.97. The summed E-state index contributed by atoms with van der Waals surface area (Å²) in [5.41, 5.74) is 0.958. The van der Waals surface area contributed by atoms with Gasteiger partial charge in [0.25, 0.3) is 5.91 Å². The lowest BCUT2D eigenvalue weighted by molar-refractivity contribution is -0.122. The van der Waals surface area contributed by atoms with E-state index in [2.05, 4.69) is 10.6 Å². The van der Waals surface area contributed by atoms with Crippen molar-refractivity contribution in [1.82, 2.24) is 5.32 Å². The van der Waals surface area contributed by atoms with Crippen LogP contribution in [0.3, 0.4) is 0 Å². The highest BCUT2D eigenvalue weighted by Gasteiger charge is 1.99. The Kier molecular flexibility index (Phi) is 3.79. The lowest BCUT2D eigenvalue weighted by Crippen LogP contribution is -2.24. The molecule has 0 saturated carbocycles. The van der Waals surface area contributed by atoms with E-state index in [1.165, 1.54) is 0 Å². The van der Waals surface area contributed by atoms with Gasteiger partial charge in [0, 0.05) is 25.8 Å². The van der Waals surface area contributed by atoms with E-state index >= 15 is 0 Å². The minimum atomic E-state index is -0.139. The topological polar surface area (TPSA) is 50.4 Å². The Labute approximate surface area is 83.3 Å². The van der Waals surface area contributed by atoms with E-state index < -0.39 is 0 Å². The highest BCUT2D eigenvalue weighted by atomic mass is 16.5.